The molecular weight excluding hydrogens is 296 g/mol. The van der Waals surface area contributed by atoms with Gasteiger partial charge in [0.1, 0.15) is 12.2 Å². The minimum atomic E-state index is -0.731. The molecule has 6 heteroatoms. The van der Waals surface area contributed by atoms with Crippen LogP contribution in [0.1, 0.15) is 32.6 Å². The van der Waals surface area contributed by atoms with Crippen molar-refractivity contribution >= 4 is 11.6 Å². The molecular formula is C17H26N2O4. The van der Waals surface area contributed by atoms with Gasteiger partial charge in [0.2, 0.25) is 5.88 Å². The lowest BCUT2D eigenvalue weighted by Gasteiger charge is -2.37. The zero-order valence-electron chi connectivity index (χ0n) is 14.1. The summed E-state index contributed by atoms with van der Waals surface area (Å²) >= 11 is 0. The van der Waals surface area contributed by atoms with Crippen molar-refractivity contribution in [3.8, 4) is 5.88 Å². The predicted molar refractivity (Wildman–Crippen MR) is 87.6 cm³/mol. The summed E-state index contributed by atoms with van der Waals surface area (Å²) in [5.74, 6) is 0.901. The second-order valence-electron chi connectivity index (χ2n) is 6.08. The van der Waals surface area contributed by atoms with Crippen molar-refractivity contribution in [2.24, 2.45) is 5.92 Å². The van der Waals surface area contributed by atoms with E-state index in [-0.39, 0.29) is 5.91 Å². The van der Waals surface area contributed by atoms with E-state index in [4.69, 9.17) is 14.2 Å². The highest BCUT2D eigenvalue weighted by molar-refractivity contribution is 5.97. The van der Waals surface area contributed by atoms with Crippen LogP contribution in [-0.4, -0.2) is 43.9 Å². The summed E-state index contributed by atoms with van der Waals surface area (Å²) in [5, 5.41) is 2.91. The predicted octanol–water partition coefficient (Wildman–Crippen LogP) is 2.64. The number of amides is 1. The molecule has 1 amide bonds. The molecule has 0 unspecified atom stereocenters. The standard InChI is InChI=1S/C17H26N2O4/c1-13-5-4-8-17(11-13,22-3)16(20)19-14-6-7-15(18-12-14)23-10-9-21-2/h6-7,12-13H,4-5,8-11H2,1-3H3,(H,19,20)/t13-,17+/m0/s1. The monoisotopic (exact) mass is 322 g/mol. The third-order valence-electron chi connectivity index (χ3n) is 4.29. The van der Waals surface area contributed by atoms with Crippen molar-refractivity contribution in [1.29, 1.82) is 0 Å². The van der Waals surface area contributed by atoms with Crippen LogP contribution in [0.25, 0.3) is 0 Å². The Balaban J connectivity index is 1.96. The van der Waals surface area contributed by atoms with Crippen molar-refractivity contribution in [1.82, 2.24) is 4.98 Å². The van der Waals surface area contributed by atoms with Crippen LogP contribution in [0.4, 0.5) is 5.69 Å². The van der Waals surface area contributed by atoms with E-state index in [1.165, 1.54) is 0 Å². The van der Waals surface area contributed by atoms with Crippen molar-refractivity contribution in [2.45, 2.75) is 38.2 Å². The van der Waals surface area contributed by atoms with Crippen molar-refractivity contribution in [3.63, 3.8) is 0 Å². The molecule has 23 heavy (non-hydrogen) atoms. The van der Waals surface area contributed by atoms with E-state index in [2.05, 4.69) is 17.2 Å². The number of hydrogen-bond acceptors (Lipinski definition) is 5. The second kappa shape index (κ2) is 8.26. The Hall–Kier alpha value is -1.66. The highest BCUT2D eigenvalue weighted by Crippen LogP contribution is 2.35. The van der Waals surface area contributed by atoms with Crippen LogP contribution in [0, 0.1) is 5.92 Å². The fourth-order valence-corrected chi connectivity index (χ4v) is 3.00. The Morgan fingerprint density at radius 2 is 2.22 bits per heavy atom. The summed E-state index contributed by atoms with van der Waals surface area (Å²) in [7, 11) is 3.23. The summed E-state index contributed by atoms with van der Waals surface area (Å²) in [6, 6.07) is 3.51. The van der Waals surface area contributed by atoms with Gasteiger partial charge in [0.25, 0.3) is 5.91 Å². The average molecular weight is 322 g/mol. The third-order valence-corrected chi connectivity index (χ3v) is 4.29. The lowest BCUT2D eigenvalue weighted by atomic mass is 9.78. The Kier molecular flexibility index (Phi) is 6.36. The zero-order valence-corrected chi connectivity index (χ0v) is 14.1. The van der Waals surface area contributed by atoms with E-state index >= 15 is 0 Å². The first-order chi connectivity index (χ1) is 11.1. The number of anilines is 1. The lowest BCUT2D eigenvalue weighted by Crippen LogP contribution is -2.47. The van der Waals surface area contributed by atoms with E-state index in [9.17, 15) is 4.79 Å². The third kappa shape index (κ3) is 4.65. The van der Waals surface area contributed by atoms with Crippen molar-refractivity contribution < 1.29 is 19.0 Å². The number of ether oxygens (including phenoxy) is 3. The maximum atomic E-state index is 12.7. The molecule has 1 aliphatic carbocycles. The molecule has 0 radical (unpaired) electrons. The number of methoxy groups -OCH3 is 2. The molecule has 1 saturated carbocycles. The first-order valence-electron chi connectivity index (χ1n) is 8.04. The summed E-state index contributed by atoms with van der Waals surface area (Å²) < 4.78 is 15.9. The number of pyridine rings is 1. The maximum Gasteiger partial charge on any atom is 0.256 e. The van der Waals surface area contributed by atoms with Gasteiger partial charge in [-0.2, -0.15) is 0 Å². The largest absolute Gasteiger partial charge is 0.475 e. The Labute approximate surface area is 137 Å². The van der Waals surface area contributed by atoms with Crippen LogP contribution in [0.2, 0.25) is 0 Å². The Morgan fingerprint density at radius 3 is 2.83 bits per heavy atom. The minimum absolute atomic E-state index is 0.0959. The van der Waals surface area contributed by atoms with Crippen LogP contribution in [0.3, 0.4) is 0 Å². The topological polar surface area (TPSA) is 69.7 Å². The summed E-state index contributed by atoms with van der Waals surface area (Å²) in [4.78, 5) is 16.8. The SMILES string of the molecule is COCCOc1ccc(NC(=O)[C@@]2(OC)CCC[C@H](C)C2)cn1. The molecule has 2 rings (SSSR count). The normalized spacial score (nSPS) is 24.2. The number of carbonyl (C=O) groups excluding carboxylic acids is 1. The average Bonchev–Trinajstić information content (AvgIpc) is 2.56. The first kappa shape index (κ1) is 17.7. The Morgan fingerprint density at radius 1 is 1.39 bits per heavy atom. The van der Waals surface area contributed by atoms with Crippen LogP contribution in [-0.2, 0) is 14.3 Å². The number of nitrogens with zero attached hydrogens (tertiary/aromatic N) is 1. The lowest BCUT2D eigenvalue weighted by molar-refractivity contribution is -0.143. The first-order valence-corrected chi connectivity index (χ1v) is 8.04. The fourth-order valence-electron chi connectivity index (χ4n) is 3.00. The van der Waals surface area contributed by atoms with Gasteiger partial charge >= 0.3 is 0 Å². The van der Waals surface area contributed by atoms with Gasteiger partial charge in [-0.3, -0.25) is 4.79 Å². The molecule has 128 valence electrons. The van der Waals surface area contributed by atoms with Crippen LogP contribution < -0.4 is 10.1 Å². The van der Waals surface area contributed by atoms with Crippen LogP contribution in [0.15, 0.2) is 18.3 Å². The van der Waals surface area contributed by atoms with Crippen molar-refractivity contribution in [3.05, 3.63) is 18.3 Å². The van der Waals surface area contributed by atoms with Gasteiger partial charge in [0, 0.05) is 20.3 Å². The molecule has 1 N–H and O–H groups in total. The quantitative estimate of drug-likeness (QED) is 0.782. The number of hydrogen-bond donors (Lipinski definition) is 1. The number of rotatable bonds is 7. The van der Waals surface area contributed by atoms with Gasteiger partial charge in [-0.25, -0.2) is 4.98 Å². The minimum Gasteiger partial charge on any atom is -0.475 e. The molecule has 6 nitrogen and oxygen atoms in total. The molecule has 1 aliphatic rings. The van der Waals surface area contributed by atoms with E-state index in [0.717, 1.165) is 25.7 Å². The molecule has 0 spiro atoms. The summed E-state index contributed by atoms with van der Waals surface area (Å²) in [6.07, 6.45) is 5.25. The van der Waals surface area contributed by atoms with Crippen molar-refractivity contribution in [2.75, 3.05) is 32.8 Å². The molecule has 0 aliphatic heterocycles. The number of carbonyl (C=O) groups is 1. The van der Waals surface area contributed by atoms with E-state index < -0.39 is 5.60 Å². The molecule has 1 heterocycles. The van der Waals surface area contributed by atoms with E-state index in [0.29, 0.717) is 30.7 Å². The van der Waals surface area contributed by atoms with Crippen LogP contribution in [0.5, 0.6) is 5.88 Å². The van der Waals surface area contributed by atoms with Gasteiger partial charge in [-0.1, -0.05) is 13.3 Å². The maximum absolute atomic E-state index is 12.7. The fraction of sp³-hybridized carbons (Fsp3) is 0.647. The van der Waals surface area contributed by atoms with Gasteiger partial charge < -0.3 is 19.5 Å². The molecule has 0 saturated heterocycles. The second-order valence-corrected chi connectivity index (χ2v) is 6.08. The zero-order chi connectivity index (χ0) is 16.7. The summed E-state index contributed by atoms with van der Waals surface area (Å²) in [6.45, 7) is 3.11. The molecule has 1 fully saturated rings. The summed E-state index contributed by atoms with van der Waals surface area (Å²) in [5.41, 5.74) is -0.0885. The molecule has 1 aromatic rings. The van der Waals surface area contributed by atoms with Crippen LogP contribution >= 0.6 is 0 Å². The van der Waals surface area contributed by atoms with Gasteiger partial charge in [0.15, 0.2) is 0 Å². The molecule has 0 aromatic carbocycles. The van der Waals surface area contributed by atoms with Gasteiger partial charge in [0.05, 0.1) is 18.5 Å². The van der Waals surface area contributed by atoms with Gasteiger partial charge in [-0.15, -0.1) is 0 Å². The Bertz CT molecular complexity index is 506. The smallest absolute Gasteiger partial charge is 0.256 e. The highest BCUT2D eigenvalue weighted by atomic mass is 16.5. The van der Waals surface area contributed by atoms with Gasteiger partial charge in [-0.05, 0) is 31.2 Å². The van der Waals surface area contributed by atoms with E-state index in [1.54, 1.807) is 32.5 Å². The highest BCUT2D eigenvalue weighted by Gasteiger charge is 2.41. The van der Waals surface area contributed by atoms with E-state index in [1.807, 2.05) is 0 Å². The molecule has 2 atom stereocenters. The molecule has 1 aromatic heterocycles. The number of nitrogens with one attached hydrogen (secondary N) is 1. The molecule has 0 bridgehead atoms. The number of aromatic nitrogens is 1.